The highest BCUT2D eigenvalue weighted by Crippen LogP contribution is 2.44. The molecule has 0 radical (unpaired) electrons. The van der Waals surface area contributed by atoms with Crippen LogP contribution in [0.5, 0.6) is 0 Å². The van der Waals surface area contributed by atoms with Gasteiger partial charge in [0.15, 0.2) is 0 Å². The molecule has 2 unspecified atom stereocenters. The number of hydrogen-bond donors (Lipinski definition) is 1. The van der Waals surface area contributed by atoms with Gasteiger partial charge in [-0.1, -0.05) is 47.3 Å². The number of hydrogen-bond acceptors (Lipinski definition) is 1. The molecule has 2 nitrogen and oxygen atoms in total. The van der Waals surface area contributed by atoms with Crippen molar-refractivity contribution in [1.82, 2.24) is 0 Å². The first-order valence-corrected chi connectivity index (χ1v) is 8.62. The van der Waals surface area contributed by atoms with Gasteiger partial charge < -0.3 is 5.32 Å². The number of carbonyl (C=O) groups is 1. The number of anilines is 1. The quantitative estimate of drug-likeness (QED) is 0.736. The molecule has 0 saturated heterocycles. The van der Waals surface area contributed by atoms with Crippen LogP contribution in [-0.4, -0.2) is 10.7 Å². The van der Waals surface area contributed by atoms with E-state index in [9.17, 15) is 4.79 Å². The molecule has 0 bridgehead atoms. The fraction of sp³-hybridized carbons (Fsp3) is 0.588. The molecule has 1 aliphatic heterocycles. The van der Waals surface area contributed by atoms with Crippen molar-refractivity contribution in [3.05, 3.63) is 29.3 Å². The van der Waals surface area contributed by atoms with E-state index in [1.807, 2.05) is 0 Å². The van der Waals surface area contributed by atoms with E-state index >= 15 is 0 Å². The minimum atomic E-state index is -0.0675. The average molecular weight is 336 g/mol. The molecule has 0 spiro atoms. The molecular weight excluding hydrogens is 314 g/mol. The smallest absolute Gasteiger partial charge is 0.238 e. The molecule has 1 heterocycles. The monoisotopic (exact) mass is 335 g/mol. The third kappa shape index (κ3) is 2.78. The van der Waals surface area contributed by atoms with E-state index in [1.54, 1.807) is 0 Å². The van der Waals surface area contributed by atoms with E-state index in [4.69, 9.17) is 0 Å². The second-order valence-electron chi connectivity index (χ2n) is 6.29. The fourth-order valence-corrected chi connectivity index (χ4v) is 4.27. The van der Waals surface area contributed by atoms with Gasteiger partial charge in [-0.3, -0.25) is 4.79 Å². The van der Waals surface area contributed by atoms with Gasteiger partial charge in [0.1, 0.15) is 0 Å². The van der Waals surface area contributed by atoms with Crippen LogP contribution in [0.3, 0.4) is 0 Å². The summed E-state index contributed by atoms with van der Waals surface area (Å²) in [6, 6.07) is 6.53. The zero-order valence-electron chi connectivity index (χ0n) is 12.0. The highest BCUT2D eigenvalue weighted by molar-refractivity contribution is 9.10. The standard InChI is InChI=1S/C17H22BrNO/c1-11-7-8-13-14(12-5-3-2-4-6-12)10-15(18)17(20)19-16(13)9-11/h7-9,12,14-15H,2-6,10H2,1H3,(H,19,20). The summed E-state index contributed by atoms with van der Waals surface area (Å²) in [6.07, 6.45) is 7.61. The largest absolute Gasteiger partial charge is 0.325 e. The minimum Gasteiger partial charge on any atom is -0.325 e. The van der Waals surface area contributed by atoms with Crippen molar-refractivity contribution in [3.8, 4) is 0 Å². The Morgan fingerprint density at radius 1 is 1.20 bits per heavy atom. The van der Waals surface area contributed by atoms with Crippen molar-refractivity contribution < 1.29 is 4.79 Å². The number of benzene rings is 1. The number of nitrogens with one attached hydrogen (secondary N) is 1. The molecule has 0 aromatic heterocycles. The molecule has 3 rings (SSSR count). The topological polar surface area (TPSA) is 29.1 Å². The first-order valence-electron chi connectivity index (χ1n) is 7.70. The first-order chi connectivity index (χ1) is 9.65. The van der Waals surface area contributed by atoms with Crippen LogP contribution in [0.25, 0.3) is 0 Å². The van der Waals surface area contributed by atoms with E-state index in [0.717, 1.165) is 18.0 Å². The van der Waals surface area contributed by atoms with Gasteiger partial charge in [-0.05, 0) is 55.2 Å². The number of amides is 1. The number of aryl methyl sites for hydroxylation is 1. The Labute approximate surface area is 129 Å². The Morgan fingerprint density at radius 2 is 1.95 bits per heavy atom. The molecule has 1 fully saturated rings. The van der Waals surface area contributed by atoms with Gasteiger partial charge in [-0.25, -0.2) is 0 Å². The SMILES string of the molecule is Cc1ccc2c(c1)NC(=O)C(Br)CC2C1CCCCC1. The van der Waals surface area contributed by atoms with Gasteiger partial charge in [-0.2, -0.15) is 0 Å². The normalized spacial score (nSPS) is 27.6. The lowest BCUT2D eigenvalue weighted by Crippen LogP contribution is -2.23. The molecule has 1 N–H and O–H groups in total. The number of fused-ring (bicyclic) bond motifs is 1. The second kappa shape index (κ2) is 5.88. The summed E-state index contributed by atoms with van der Waals surface area (Å²) in [6.45, 7) is 2.08. The maximum absolute atomic E-state index is 12.2. The Bertz CT molecular complexity index is 508. The summed E-state index contributed by atoms with van der Waals surface area (Å²) in [5, 5.41) is 3.10. The molecule has 3 heteroatoms. The molecule has 1 saturated carbocycles. The van der Waals surface area contributed by atoms with Crippen LogP contribution in [0.1, 0.15) is 55.6 Å². The average Bonchev–Trinajstić information content (AvgIpc) is 2.57. The molecule has 1 amide bonds. The summed E-state index contributed by atoms with van der Waals surface area (Å²) in [4.78, 5) is 12.1. The Balaban J connectivity index is 1.97. The predicted molar refractivity (Wildman–Crippen MR) is 86.5 cm³/mol. The van der Waals surface area contributed by atoms with Gasteiger partial charge >= 0.3 is 0 Å². The molecule has 108 valence electrons. The lowest BCUT2D eigenvalue weighted by Gasteiger charge is -2.31. The van der Waals surface area contributed by atoms with Crippen LogP contribution in [0, 0.1) is 12.8 Å². The third-order valence-electron chi connectivity index (χ3n) is 4.83. The summed E-state index contributed by atoms with van der Waals surface area (Å²) >= 11 is 3.58. The summed E-state index contributed by atoms with van der Waals surface area (Å²) < 4.78 is 0. The van der Waals surface area contributed by atoms with Crippen molar-refractivity contribution in [1.29, 1.82) is 0 Å². The maximum atomic E-state index is 12.2. The number of rotatable bonds is 1. The number of halogens is 1. The van der Waals surface area contributed by atoms with Crippen molar-refractivity contribution in [2.24, 2.45) is 5.92 Å². The van der Waals surface area contributed by atoms with Crippen molar-refractivity contribution in [3.63, 3.8) is 0 Å². The molecule has 1 aromatic rings. The van der Waals surface area contributed by atoms with Gasteiger partial charge in [0.2, 0.25) is 5.91 Å². The molecule has 1 aromatic carbocycles. The van der Waals surface area contributed by atoms with E-state index in [0.29, 0.717) is 5.92 Å². The van der Waals surface area contributed by atoms with Gasteiger partial charge in [0.25, 0.3) is 0 Å². The molecule has 1 aliphatic carbocycles. The van der Waals surface area contributed by atoms with E-state index < -0.39 is 0 Å². The van der Waals surface area contributed by atoms with Crippen molar-refractivity contribution >= 4 is 27.5 Å². The summed E-state index contributed by atoms with van der Waals surface area (Å²) in [5.41, 5.74) is 3.59. The Kier molecular flexibility index (Phi) is 4.16. The van der Waals surface area contributed by atoms with Crippen molar-refractivity contribution in [2.45, 2.75) is 56.2 Å². The number of carbonyl (C=O) groups excluding carboxylic acids is 1. The first kappa shape index (κ1) is 14.1. The number of alkyl halides is 1. The molecule has 2 aliphatic rings. The minimum absolute atomic E-state index is 0.0675. The van der Waals surface area contributed by atoms with Gasteiger partial charge in [0.05, 0.1) is 4.83 Å². The Morgan fingerprint density at radius 3 is 2.70 bits per heavy atom. The zero-order valence-corrected chi connectivity index (χ0v) is 13.6. The third-order valence-corrected chi connectivity index (χ3v) is 5.62. The lowest BCUT2D eigenvalue weighted by atomic mass is 9.74. The maximum Gasteiger partial charge on any atom is 0.238 e. The highest BCUT2D eigenvalue weighted by Gasteiger charge is 2.33. The van der Waals surface area contributed by atoms with Crippen LogP contribution >= 0.6 is 15.9 Å². The van der Waals surface area contributed by atoms with Crippen LogP contribution in [0.4, 0.5) is 5.69 Å². The lowest BCUT2D eigenvalue weighted by molar-refractivity contribution is -0.115. The van der Waals surface area contributed by atoms with Crippen LogP contribution < -0.4 is 5.32 Å². The van der Waals surface area contributed by atoms with Crippen LogP contribution in [-0.2, 0) is 4.79 Å². The van der Waals surface area contributed by atoms with Gasteiger partial charge in [0, 0.05) is 5.69 Å². The molecule has 2 atom stereocenters. The summed E-state index contributed by atoms with van der Waals surface area (Å²) in [7, 11) is 0. The van der Waals surface area contributed by atoms with E-state index in [-0.39, 0.29) is 10.7 Å². The van der Waals surface area contributed by atoms with Crippen LogP contribution in [0.2, 0.25) is 0 Å². The predicted octanol–water partition coefficient (Wildman–Crippen LogP) is 4.76. The zero-order chi connectivity index (χ0) is 14.1. The van der Waals surface area contributed by atoms with Crippen molar-refractivity contribution in [2.75, 3.05) is 5.32 Å². The summed E-state index contributed by atoms with van der Waals surface area (Å²) in [5.74, 6) is 1.35. The second-order valence-corrected chi connectivity index (χ2v) is 7.39. The van der Waals surface area contributed by atoms with Gasteiger partial charge in [-0.15, -0.1) is 0 Å². The molecular formula is C17H22BrNO. The van der Waals surface area contributed by atoms with Crippen LogP contribution in [0.15, 0.2) is 18.2 Å². The Hall–Kier alpha value is -0.830. The highest BCUT2D eigenvalue weighted by atomic mass is 79.9. The molecule has 20 heavy (non-hydrogen) atoms. The van der Waals surface area contributed by atoms with E-state index in [2.05, 4.69) is 46.4 Å². The fourth-order valence-electron chi connectivity index (χ4n) is 3.75. The van der Waals surface area contributed by atoms with E-state index in [1.165, 1.54) is 43.2 Å².